The summed E-state index contributed by atoms with van der Waals surface area (Å²) in [5.41, 5.74) is 1.68. The number of aliphatic carboxylic acids is 1. The molecule has 3 saturated heterocycles. The molecule has 0 bridgehead atoms. The number of oxime groups is 1. The Labute approximate surface area is 178 Å². The number of carboxylic acids is 1. The third-order valence-corrected chi connectivity index (χ3v) is 6.92. The molecule has 14 heteroatoms. The first-order valence-electron chi connectivity index (χ1n) is 9.03. The summed E-state index contributed by atoms with van der Waals surface area (Å²) in [6.07, 6.45) is 0.206. The Morgan fingerprint density at radius 1 is 1.19 bits per heavy atom. The molecule has 164 valence electrons. The molecule has 0 aliphatic carbocycles. The zero-order valence-electron chi connectivity index (χ0n) is 15.8. The van der Waals surface area contributed by atoms with Crippen molar-refractivity contribution in [2.45, 2.75) is 16.7 Å². The number of hydrazine groups is 1. The van der Waals surface area contributed by atoms with Gasteiger partial charge in [-0.05, 0) is 18.2 Å². The molecule has 5 N–H and O–H groups in total. The van der Waals surface area contributed by atoms with Crippen molar-refractivity contribution in [3.63, 3.8) is 0 Å². The molecule has 0 spiro atoms. The normalized spacial score (nSPS) is 25.5. The van der Waals surface area contributed by atoms with Crippen LogP contribution in [0, 0.1) is 0 Å². The highest BCUT2D eigenvalue weighted by molar-refractivity contribution is 8.02. The van der Waals surface area contributed by atoms with E-state index in [-0.39, 0.29) is 42.9 Å². The van der Waals surface area contributed by atoms with Crippen molar-refractivity contribution in [2.24, 2.45) is 5.16 Å². The average Bonchev–Trinajstić information content (AvgIpc) is 3.23. The molecule has 1 aromatic carbocycles. The van der Waals surface area contributed by atoms with Crippen LogP contribution in [0.3, 0.4) is 0 Å². The summed E-state index contributed by atoms with van der Waals surface area (Å²) < 4.78 is 0. The maximum absolute atomic E-state index is 12.9. The van der Waals surface area contributed by atoms with E-state index in [9.17, 15) is 39.7 Å². The number of β-lactam (4-membered cyclic amide) rings is 1. The first kappa shape index (κ1) is 20.6. The number of nitrogens with one attached hydrogen (secondary N) is 1. The van der Waals surface area contributed by atoms with Crippen LogP contribution in [0.4, 0.5) is 4.79 Å². The summed E-state index contributed by atoms with van der Waals surface area (Å²) in [6.45, 7) is -0.211. The van der Waals surface area contributed by atoms with Gasteiger partial charge in [-0.2, -0.15) is 0 Å². The number of nitrogens with zero attached hydrogens (tertiary/aromatic N) is 4. The van der Waals surface area contributed by atoms with Gasteiger partial charge in [-0.25, -0.2) is 14.6 Å². The van der Waals surface area contributed by atoms with E-state index >= 15 is 0 Å². The van der Waals surface area contributed by atoms with E-state index in [1.165, 1.54) is 11.0 Å². The van der Waals surface area contributed by atoms with Crippen LogP contribution in [-0.4, -0.2) is 94.7 Å². The molecule has 0 radical (unpaired) electrons. The number of phenolic OH excluding ortho intramolecular Hbond substituents is 2. The number of carbonyl (C=O) groups is 4. The van der Waals surface area contributed by atoms with Crippen molar-refractivity contribution >= 4 is 41.3 Å². The minimum atomic E-state index is -1.66. The van der Waals surface area contributed by atoms with Gasteiger partial charge in [-0.3, -0.25) is 19.9 Å². The van der Waals surface area contributed by atoms with Crippen LogP contribution in [0.15, 0.2) is 23.4 Å². The Hall–Kier alpha value is -3.68. The zero-order chi connectivity index (χ0) is 22.5. The van der Waals surface area contributed by atoms with Gasteiger partial charge < -0.3 is 25.4 Å². The zero-order valence-corrected chi connectivity index (χ0v) is 16.6. The Balaban J connectivity index is 1.50. The standard InChI is InChI=1S/C17H17N5O8S/c23-9-2-1-8(5-10(9)24)13(19-30)14(26)18-22-4-3-21(16(22)29)17(15(27)28)7-20-11(25)6-12(20)31-17/h1-2,5,12,23-24,30H,3-4,6-7H2,(H,18,26)(H,27,28)/b19-13-. The topological polar surface area (TPSA) is 183 Å². The van der Waals surface area contributed by atoms with E-state index in [2.05, 4.69) is 10.6 Å². The summed E-state index contributed by atoms with van der Waals surface area (Å²) >= 11 is 1.01. The van der Waals surface area contributed by atoms with Crippen LogP contribution in [0.1, 0.15) is 12.0 Å². The van der Waals surface area contributed by atoms with Gasteiger partial charge in [0.2, 0.25) is 10.8 Å². The number of aromatic hydroxyl groups is 2. The molecule has 0 saturated carbocycles. The Bertz CT molecular complexity index is 1030. The molecule has 3 aliphatic heterocycles. The van der Waals surface area contributed by atoms with Crippen LogP contribution in [0.5, 0.6) is 11.5 Å². The van der Waals surface area contributed by atoms with E-state index in [0.29, 0.717) is 0 Å². The molecule has 1 aromatic rings. The molecule has 3 aliphatic rings. The number of carboxylic acid groups (broad SMARTS) is 1. The minimum absolute atomic E-state index is 0.0151. The highest BCUT2D eigenvalue weighted by Gasteiger charge is 2.62. The highest BCUT2D eigenvalue weighted by atomic mass is 32.2. The number of phenols is 2. The van der Waals surface area contributed by atoms with Crippen molar-refractivity contribution in [3.8, 4) is 11.5 Å². The molecule has 0 aromatic heterocycles. The average molecular weight is 451 g/mol. The summed E-state index contributed by atoms with van der Waals surface area (Å²) in [4.78, 5) is 50.0. The number of thioether (sulfide) groups is 1. The Kier molecular flexibility index (Phi) is 4.80. The molecular weight excluding hydrogens is 434 g/mol. The molecule has 13 nitrogen and oxygen atoms in total. The van der Waals surface area contributed by atoms with Gasteiger partial charge in [-0.15, -0.1) is 0 Å². The second-order valence-corrected chi connectivity index (χ2v) is 8.52. The third kappa shape index (κ3) is 3.15. The molecule has 4 amide bonds. The van der Waals surface area contributed by atoms with Crippen LogP contribution in [-0.2, 0) is 14.4 Å². The Morgan fingerprint density at radius 2 is 1.94 bits per heavy atom. The maximum atomic E-state index is 12.9. The number of fused-ring (bicyclic) bond motifs is 1. The van der Waals surface area contributed by atoms with Crippen LogP contribution >= 0.6 is 11.8 Å². The SMILES string of the molecule is O=C(NN1CCN(C2(C(=O)O)CN3C(=O)CC3S2)C1=O)/C(=N\O)c1ccc(O)c(O)c1. The van der Waals surface area contributed by atoms with Gasteiger partial charge in [0.15, 0.2) is 17.2 Å². The van der Waals surface area contributed by atoms with E-state index < -0.39 is 40.0 Å². The lowest BCUT2D eigenvalue weighted by atomic mass is 10.1. The van der Waals surface area contributed by atoms with Gasteiger partial charge in [-0.1, -0.05) is 16.9 Å². The molecule has 4 rings (SSSR count). The fourth-order valence-electron chi connectivity index (χ4n) is 3.65. The highest BCUT2D eigenvalue weighted by Crippen LogP contribution is 2.49. The predicted octanol–water partition coefficient (Wildman–Crippen LogP) is -0.869. The van der Waals surface area contributed by atoms with E-state index in [1.807, 2.05) is 0 Å². The fraction of sp³-hybridized carbons (Fsp3) is 0.353. The number of hydrogen-bond donors (Lipinski definition) is 5. The van der Waals surface area contributed by atoms with E-state index in [1.54, 1.807) is 0 Å². The first-order chi connectivity index (χ1) is 14.7. The van der Waals surface area contributed by atoms with Crippen molar-refractivity contribution < 1.29 is 39.7 Å². The van der Waals surface area contributed by atoms with Gasteiger partial charge in [0.05, 0.1) is 24.9 Å². The van der Waals surface area contributed by atoms with Crippen molar-refractivity contribution in [2.75, 3.05) is 19.6 Å². The Morgan fingerprint density at radius 3 is 2.52 bits per heavy atom. The van der Waals surface area contributed by atoms with E-state index in [0.717, 1.165) is 33.8 Å². The van der Waals surface area contributed by atoms with Crippen LogP contribution in [0.25, 0.3) is 0 Å². The smallest absolute Gasteiger partial charge is 0.342 e. The number of amides is 4. The number of rotatable bonds is 5. The molecule has 3 heterocycles. The quantitative estimate of drug-likeness (QED) is 0.125. The number of carbonyl (C=O) groups excluding carboxylic acids is 3. The second kappa shape index (κ2) is 7.23. The summed E-state index contributed by atoms with van der Waals surface area (Å²) in [7, 11) is 0. The summed E-state index contributed by atoms with van der Waals surface area (Å²) in [6, 6.07) is 2.52. The van der Waals surface area contributed by atoms with Crippen molar-refractivity contribution in [1.82, 2.24) is 20.2 Å². The van der Waals surface area contributed by atoms with E-state index in [4.69, 9.17) is 0 Å². The lowest BCUT2D eigenvalue weighted by Gasteiger charge is -2.33. The molecule has 31 heavy (non-hydrogen) atoms. The number of hydrogen-bond acceptors (Lipinski definition) is 9. The lowest BCUT2D eigenvalue weighted by Crippen LogP contribution is -2.58. The predicted molar refractivity (Wildman–Crippen MR) is 103 cm³/mol. The van der Waals surface area contributed by atoms with Gasteiger partial charge in [0.25, 0.3) is 5.91 Å². The summed E-state index contributed by atoms with van der Waals surface area (Å²) in [5, 5.41) is 41.5. The molecule has 3 fully saturated rings. The van der Waals surface area contributed by atoms with Crippen molar-refractivity contribution in [3.05, 3.63) is 23.8 Å². The van der Waals surface area contributed by atoms with Crippen LogP contribution in [0.2, 0.25) is 0 Å². The first-order valence-corrected chi connectivity index (χ1v) is 9.91. The van der Waals surface area contributed by atoms with Crippen LogP contribution < -0.4 is 5.43 Å². The molecule has 2 unspecified atom stereocenters. The largest absolute Gasteiger partial charge is 0.504 e. The second-order valence-electron chi connectivity index (χ2n) is 7.07. The van der Waals surface area contributed by atoms with Gasteiger partial charge in [0.1, 0.15) is 0 Å². The number of benzene rings is 1. The van der Waals surface area contributed by atoms with Gasteiger partial charge >= 0.3 is 12.0 Å². The lowest BCUT2D eigenvalue weighted by molar-refractivity contribution is -0.147. The third-order valence-electron chi connectivity index (χ3n) is 5.31. The van der Waals surface area contributed by atoms with Crippen molar-refractivity contribution in [1.29, 1.82) is 0 Å². The molecular formula is C17H17N5O8S. The monoisotopic (exact) mass is 451 g/mol. The minimum Gasteiger partial charge on any atom is -0.504 e. The number of urea groups is 1. The summed E-state index contributed by atoms with van der Waals surface area (Å²) in [5.74, 6) is -3.43. The molecule has 2 atom stereocenters. The van der Waals surface area contributed by atoms with Gasteiger partial charge in [0, 0.05) is 12.1 Å². The maximum Gasteiger partial charge on any atom is 0.342 e. The fourth-order valence-corrected chi connectivity index (χ4v) is 5.26.